The number of benzene rings is 2. The van der Waals surface area contributed by atoms with Crippen LogP contribution in [0.2, 0.25) is 0 Å². The number of amides is 1. The Morgan fingerprint density at radius 3 is 2.50 bits per heavy atom. The van der Waals surface area contributed by atoms with Gasteiger partial charge in [-0.1, -0.05) is 30.3 Å². The lowest BCUT2D eigenvalue weighted by molar-refractivity contribution is 0.102. The van der Waals surface area contributed by atoms with E-state index in [0.29, 0.717) is 28.6 Å². The minimum Gasteiger partial charge on any atom is -0.497 e. The molecule has 7 heteroatoms. The van der Waals surface area contributed by atoms with E-state index in [4.69, 9.17) is 9.47 Å². The third kappa shape index (κ3) is 4.00. The molecule has 0 bridgehead atoms. The van der Waals surface area contributed by atoms with Crippen LogP contribution in [0.5, 0.6) is 11.6 Å². The Bertz CT molecular complexity index is 1150. The number of hydrogen-bond acceptors (Lipinski definition) is 5. The molecule has 4 aromatic rings. The summed E-state index contributed by atoms with van der Waals surface area (Å²) in [5, 5.41) is 7.55. The van der Waals surface area contributed by atoms with Crippen molar-refractivity contribution in [2.45, 2.75) is 0 Å². The van der Waals surface area contributed by atoms with Crippen LogP contribution in [0.3, 0.4) is 0 Å². The molecular weight excluding hydrogens is 380 g/mol. The number of hydrogen-bond donors (Lipinski definition) is 1. The summed E-state index contributed by atoms with van der Waals surface area (Å²) in [6.07, 6.45) is 3.26. The molecule has 0 aliphatic carbocycles. The number of carbonyl (C=O) groups is 1. The molecule has 150 valence electrons. The lowest BCUT2D eigenvalue weighted by atomic mass is 10.1. The van der Waals surface area contributed by atoms with E-state index in [9.17, 15) is 4.79 Å². The van der Waals surface area contributed by atoms with Gasteiger partial charge in [0.1, 0.15) is 11.4 Å². The highest BCUT2D eigenvalue weighted by Crippen LogP contribution is 2.27. The Morgan fingerprint density at radius 2 is 1.80 bits per heavy atom. The summed E-state index contributed by atoms with van der Waals surface area (Å²) in [5.41, 5.74) is 3.18. The first kappa shape index (κ1) is 19.2. The molecule has 7 nitrogen and oxygen atoms in total. The van der Waals surface area contributed by atoms with Gasteiger partial charge in [0.05, 0.1) is 37.4 Å². The van der Waals surface area contributed by atoms with Gasteiger partial charge < -0.3 is 14.8 Å². The highest BCUT2D eigenvalue weighted by Gasteiger charge is 2.19. The largest absolute Gasteiger partial charge is 0.497 e. The summed E-state index contributed by atoms with van der Waals surface area (Å²) < 4.78 is 12.1. The standard InChI is InChI=1S/C23H20N4O3/c1-29-19-10-6-7-16(13-19)22-20(15-27(26-22)18-8-4-3-5-9-18)23(28)25-17-11-12-21(30-2)24-14-17/h3-15H,1-2H3,(H,25,28). The van der Waals surface area contributed by atoms with Gasteiger partial charge in [-0.25, -0.2) is 9.67 Å². The topological polar surface area (TPSA) is 78.3 Å². The van der Waals surface area contributed by atoms with Gasteiger partial charge in [-0.15, -0.1) is 0 Å². The van der Waals surface area contributed by atoms with Crippen LogP contribution in [-0.4, -0.2) is 34.9 Å². The predicted octanol–water partition coefficient (Wildman–Crippen LogP) is 4.20. The molecule has 2 aromatic carbocycles. The van der Waals surface area contributed by atoms with E-state index in [1.807, 2.05) is 54.6 Å². The van der Waals surface area contributed by atoms with Crippen LogP contribution in [0.4, 0.5) is 5.69 Å². The minimum atomic E-state index is -0.290. The first-order valence-corrected chi connectivity index (χ1v) is 9.29. The second kappa shape index (κ2) is 8.48. The van der Waals surface area contributed by atoms with Crippen LogP contribution in [0.15, 0.2) is 79.1 Å². The van der Waals surface area contributed by atoms with E-state index >= 15 is 0 Å². The molecule has 0 radical (unpaired) electrons. The molecular formula is C23H20N4O3. The monoisotopic (exact) mass is 400 g/mol. The summed E-state index contributed by atoms with van der Waals surface area (Å²) in [4.78, 5) is 17.2. The SMILES string of the molecule is COc1cccc(-c2nn(-c3ccccc3)cc2C(=O)Nc2ccc(OC)nc2)c1. The zero-order valence-corrected chi connectivity index (χ0v) is 16.6. The van der Waals surface area contributed by atoms with Crippen molar-refractivity contribution in [2.24, 2.45) is 0 Å². The average Bonchev–Trinajstić information content (AvgIpc) is 3.26. The number of nitrogens with zero attached hydrogens (tertiary/aromatic N) is 3. The quantitative estimate of drug-likeness (QED) is 0.525. The number of para-hydroxylation sites is 1. The Balaban J connectivity index is 1.74. The van der Waals surface area contributed by atoms with Crippen molar-refractivity contribution < 1.29 is 14.3 Å². The third-order valence-corrected chi connectivity index (χ3v) is 4.53. The van der Waals surface area contributed by atoms with E-state index in [1.165, 1.54) is 0 Å². The van der Waals surface area contributed by atoms with Gasteiger partial charge in [-0.05, 0) is 30.3 Å². The summed E-state index contributed by atoms with van der Waals surface area (Å²) in [7, 11) is 3.14. The molecule has 0 saturated heterocycles. The average molecular weight is 400 g/mol. The van der Waals surface area contributed by atoms with Crippen LogP contribution in [0, 0.1) is 0 Å². The van der Waals surface area contributed by atoms with Crippen molar-refractivity contribution in [3.63, 3.8) is 0 Å². The zero-order valence-electron chi connectivity index (χ0n) is 16.6. The van der Waals surface area contributed by atoms with Crippen molar-refractivity contribution in [1.82, 2.24) is 14.8 Å². The minimum absolute atomic E-state index is 0.290. The maximum Gasteiger partial charge on any atom is 0.259 e. The van der Waals surface area contributed by atoms with Gasteiger partial charge in [0.25, 0.3) is 5.91 Å². The fraction of sp³-hybridized carbons (Fsp3) is 0.0870. The Morgan fingerprint density at radius 1 is 0.967 bits per heavy atom. The second-order valence-corrected chi connectivity index (χ2v) is 6.45. The van der Waals surface area contributed by atoms with E-state index in [2.05, 4.69) is 15.4 Å². The van der Waals surface area contributed by atoms with Gasteiger partial charge in [0, 0.05) is 17.8 Å². The molecule has 0 fully saturated rings. The Hall–Kier alpha value is -4.13. The molecule has 0 saturated carbocycles. The van der Waals surface area contributed by atoms with Crippen molar-refractivity contribution in [3.8, 4) is 28.6 Å². The van der Waals surface area contributed by atoms with Gasteiger partial charge in [-0.2, -0.15) is 5.10 Å². The zero-order chi connectivity index (χ0) is 20.9. The molecule has 0 aliphatic heterocycles. The first-order valence-electron chi connectivity index (χ1n) is 9.29. The van der Waals surface area contributed by atoms with Crippen LogP contribution in [0.25, 0.3) is 16.9 Å². The lowest BCUT2D eigenvalue weighted by Gasteiger charge is -2.07. The van der Waals surface area contributed by atoms with E-state index in [1.54, 1.807) is 43.4 Å². The molecule has 1 N–H and O–H groups in total. The predicted molar refractivity (Wildman–Crippen MR) is 114 cm³/mol. The summed E-state index contributed by atoms with van der Waals surface area (Å²) in [6, 6.07) is 20.5. The number of methoxy groups -OCH3 is 2. The molecule has 1 amide bonds. The summed E-state index contributed by atoms with van der Waals surface area (Å²) >= 11 is 0. The maximum absolute atomic E-state index is 13.1. The van der Waals surface area contributed by atoms with Crippen molar-refractivity contribution in [1.29, 1.82) is 0 Å². The van der Waals surface area contributed by atoms with Crippen LogP contribution in [-0.2, 0) is 0 Å². The smallest absolute Gasteiger partial charge is 0.259 e. The molecule has 2 heterocycles. The highest BCUT2D eigenvalue weighted by atomic mass is 16.5. The van der Waals surface area contributed by atoms with Crippen LogP contribution < -0.4 is 14.8 Å². The van der Waals surface area contributed by atoms with E-state index in [0.717, 1.165) is 11.3 Å². The maximum atomic E-state index is 13.1. The van der Waals surface area contributed by atoms with Crippen molar-refractivity contribution in [2.75, 3.05) is 19.5 Å². The fourth-order valence-electron chi connectivity index (χ4n) is 3.01. The normalized spacial score (nSPS) is 10.5. The third-order valence-electron chi connectivity index (χ3n) is 4.53. The molecule has 0 unspecified atom stereocenters. The second-order valence-electron chi connectivity index (χ2n) is 6.45. The number of carbonyl (C=O) groups excluding carboxylic acids is 1. The number of aromatic nitrogens is 3. The molecule has 2 aromatic heterocycles. The molecule has 4 rings (SSSR count). The van der Waals surface area contributed by atoms with Gasteiger partial charge in [-0.3, -0.25) is 4.79 Å². The van der Waals surface area contributed by atoms with Crippen molar-refractivity contribution in [3.05, 3.63) is 84.7 Å². The molecule has 0 aliphatic rings. The molecule has 30 heavy (non-hydrogen) atoms. The van der Waals surface area contributed by atoms with Crippen LogP contribution in [0.1, 0.15) is 10.4 Å². The van der Waals surface area contributed by atoms with Crippen molar-refractivity contribution >= 4 is 11.6 Å². The van der Waals surface area contributed by atoms with Crippen LogP contribution >= 0.6 is 0 Å². The van der Waals surface area contributed by atoms with Gasteiger partial charge >= 0.3 is 0 Å². The summed E-state index contributed by atoms with van der Waals surface area (Å²) in [5.74, 6) is 0.872. The number of pyridine rings is 1. The fourth-order valence-corrected chi connectivity index (χ4v) is 3.01. The van der Waals surface area contributed by atoms with E-state index < -0.39 is 0 Å². The molecule has 0 atom stereocenters. The van der Waals surface area contributed by atoms with E-state index in [-0.39, 0.29) is 5.91 Å². The highest BCUT2D eigenvalue weighted by molar-refractivity contribution is 6.08. The number of anilines is 1. The Labute approximate surface area is 173 Å². The Kier molecular flexibility index (Phi) is 5.43. The number of ether oxygens (including phenoxy) is 2. The lowest BCUT2D eigenvalue weighted by Crippen LogP contribution is -2.12. The number of rotatable bonds is 6. The summed E-state index contributed by atoms with van der Waals surface area (Å²) in [6.45, 7) is 0. The number of nitrogens with one attached hydrogen (secondary N) is 1. The van der Waals surface area contributed by atoms with Gasteiger partial charge in [0.2, 0.25) is 5.88 Å². The first-order chi connectivity index (χ1) is 14.7. The van der Waals surface area contributed by atoms with Gasteiger partial charge in [0.15, 0.2) is 0 Å². The molecule has 0 spiro atoms.